The molecule has 0 aliphatic heterocycles. The van der Waals surface area contributed by atoms with Gasteiger partial charge in [-0.25, -0.2) is 4.79 Å². The highest BCUT2D eigenvalue weighted by Gasteiger charge is 2.23. The average Bonchev–Trinajstić information content (AvgIpc) is 3.07. The van der Waals surface area contributed by atoms with Crippen LogP contribution in [0.15, 0.2) is 42.5 Å². The van der Waals surface area contributed by atoms with E-state index < -0.39 is 5.97 Å². The second kappa shape index (κ2) is 7.30. The first-order valence-electron chi connectivity index (χ1n) is 8.25. The predicted molar refractivity (Wildman–Crippen MR) is 90.2 cm³/mol. The fraction of sp³-hybridized carbons (Fsp3) is 0.300. The Balaban J connectivity index is 1.91. The Morgan fingerprint density at radius 2 is 1.83 bits per heavy atom. The summed E-state index contributed by atoms with van der Waals surface area (Å²) < 4.78 is 10.7. The Morgan fingerprint density at radius 3 is 2.58 bits per heavy atom. The van der Waals surface area contributed by atoms with Gasteiger partial charge in [-0.15, -0.1) is 0 Å². The van der Waals surface area contributed by atoms with Crippen LogP contribution in [0.25, 0.3) is 0 Å². The molecule has 4 nitrogen and oxygen atoms in total. The minimum atomic E-state index is -0.402. The number of fused-ring (bicyclic) bond motifs is 1. The van der Waals surface area contributed by atoms with Crippen LogP contribution in [0.4, 0.5) is 0 Å². The van der Waals surface area contributed by atoms with Crippen LogP contribution in [0.2, 0.25) is 0 Å². The fourth-order valence-corrected chi connectivity index (χ4v) is 3.04. The van der Waals surface area contributed by atoms with E-state index in [-0.39, 0.29) is 12.4 Å². The molecule has 1 aliphatic rings. The molecule has 0 amide bonds. The molecule has 2 aromatic carbocycles. The van der Waals surface area contributed by atoms with Gasteiger partial charge >= 0.3 is 11.9 Å². The van der Waals surface area contributed by atoms with Crippen LogP contribution in [0.5, 0.6) is 5.75 Å². The SMILES string of the molecule is CCOC(=O)Cc1ccc2c(c1OC(=O)c1ccccc1)CCC2. The Bertz CT molecular complexity index is 750. The molecule has 0 atom stereocenters. The van der Waals surface area contributed by atoms with E-state index in [4.69, 9.17) is 9.47 Å². The molecule has 124 valence electrons. The normalized spacial score (nSPS) is 12.5. The molecule has 0 bridgehead atoms. The Hall–Kier alpha value is -2.62. The van der Waals surface area contributed by atoms with Gasteiger partial charge in [-0.05, 0) is 49.4 Å². The van der Waals surface area contributed by atoms with Gasteiger partial charge in [0.15, 0.2) is 0 Å². The van der Waals surface area contributed by atoms with E-state index in [0.717, 1.165) is 24.8 Å². The molecule has 0 aromatic heterocycles. The number of esters is 2. The zero-order chi connectivity index (χ0) is 16.9. The Labute approximate surface area is 141 Å². The van der Waals surface area contributed by atoms with E-state index in [0.29, 0.717) is 23.5 Å². The second-order valence-corrected chi connectivity index (χ2v) is 5.78. The molecule has 0 radical (unpaired) electrons. The maximum atomic E-state index is 12.4. The van der Waals surface area contributed by atoms with Crippen molar-refractivity contribution >= 4 is 11.9 Å². The third kappa shape index (κ3) is 3.48. The highest BCUT2D eigenvalue weighted by Crippen LogP contribution is 2.35. The monoisotopic (exact) mass is 324 g/mol. The van der Waals surface area contributed by atoms with Gasteiger partial charge in [0.2, 0.25) is 0 Å². The summed E-state index contributed by atoms with van der Waals surface area (Å²) in [5.74, 6) is -0.180. The van der Waals surface area contributed by atoms with Gasteiger partial charge < -0.3 is 9.47 Å². The molecule has 24 heavy (non-hydrogen) atoms. The summed E-state index contributed by atoms with van der Waals surface area (Å²) >= 11 is 0. The second-order valence-electron chi connectivity index (χ2n) is 5.78. The molecule has 1 aliphatic carbocycles. The van der Waals surface area contributed by atoms with Crippen LogP contribution in [0.3, 0.4) is 0 Å². The lowest BCUT2D eigenvalue weighted by Crippen LogP contribution is -2.14. The lowest BCUT2D eigenvalue weighted by atomic mass is 10.0. The highest BCUT2D eigenvalue weighted by atomic mass is 16.5. The van der Waals surface area contributed by atoms with E-state index >= 15 is 0 Å². The van der Waals surface area contributed by atoms with Gasteiger partial charge in [0, 0.05) is 5.56 Å². The van der Waals surface area contributed by atoms with Gasteiger partial charge in [0.05, 0.1) is 18.6 Å². The molecule has 0 saturated heterocycles. The van der Waals surface area contributed by atoms with Crippen LogP contribution in [0, 0.1) is 0 Å². The zero-order valence-corrected chi connectivity index (χ0v) is 13.7. The minimum Gasteiger partial charge on any atom is -0.466 e. The van der Waals surface area contributed by atoms with Gasteiger partial charge in [-0.2, -0.15) is 0 Å². The molecule has 0 heterocycles. The van der Waals surface area contributed by atoms with Crippen molar-refractivity contribution in [3.63, 3.8) is 0 Å². The van der Waals surface area contributed by atoms with Gasteiger partial charge in [-0.3, -0.25) is 4.79 Å². The summed E-state index contributed by atoms with van der Waals surface area (Å²) in [5.41, 5.74) is 3.44. The highest BCUT2D eigenvalue weighted by molar-refractivity contribution is 5.91. The van der Waals surface area contributed by atoms with Gasteiger partial charge in [0.1, 0.15) is 5.75 Å². The number of hydrogen-bond donors (Lipinski definition) is 0. The van der Waals surface area contributed by atoms with Gasteiger partial charge in [-0.1, -0.05) is 30.3 Å². The number of aryl methyl sites for hydroxylation is 1. The Morgan fingerprint density at radius 1 is 1.04 bits per heavy atom. The van der Waals surface area contributed by atoms with Crippen molar-refractivity contribution in [3.8, 4) is 5.75 Å². The van der Waals surface area contributed by atoms with Crippen molar-refractivity contribution in [2.75, 3.05) is 6.61 Å². The first-order valence-corrected chi connectivity index (χ1v) is 8.25. The number of hydrogen-bond acceptors (Lipinski definition) is 4. The molecule has 0 unspecified atom stereocenters. The quantitative estimate of drug-likeness (QED) is 0.624. The van der Waals surface area contributed by atoms with Crippen LogP contribution >= 0.6 is 0 Å². The summed E-state index contributed by atoms with van der Waals surface area (Å²) in [6.45, 7) is 2.11. The van der Waals surface area contributed by atoms with Crippen molar-refractivity contribution in [1.29, 1.82) is 0 Å². The van der Waals surface area contributed by atoms with Gasteiger partial charge in [0.25, 0.3) is 0 Å². The van der Waals surface area contributed by atoms with E-state index in [1.165, 1.54) is 5.56 Å². The van der Waals surface area contributed by atoms with Crippen molar-refractivity contribution in [1.82, 2.24) is 0 Å². The van der Waals surface area contributed by atoms with Crippen LogP contribution in [-0.2, 0) is 28.8 Å². The largest absolute Gasteiger partial charge is 0.466 e. The molecule has 0 fully saturated rings. The standard InChI is InChI=1S/C20H20O4/c1-2-23-18(21)13-16-12-11-14-9-6-10-17(14)19(16)24-20(22)15-7-4-3-5-8-15/h3-5,7-8,11-12H,2,6,9-10,13H2,1H3. The van der Waals surface area contributed by atoms with Crippen LogP contribution in [-0.4, -0.2) is 18.5 Å². The maximum Gasteiger partial charge on any atom is 0.343 e. The molecule has 4 heteroatoms. The van der Waals surface area contributed by atoms with E-state index in [1.807, 2.05) is 18.2 Å². The number of carbonyl (C=O) groups excluding carboxylic acids is 2. The minimum absolute atomic E-state index is 0.110. The number of carbonyl (C=O) groups is 2. The summed E-state index contributed by atoms with van der Waals surface area (Å²) in [6.07, 6.45) is 2.99. The molecule has 3 rings (SSSR count). The van der Waals surface area contributed by atoms with Crippen LogP contribution in [0.1, 0.15) is 40.4 Å². The smallest absolute Gasteiger partial charge is 0.343 e. The third-order valence-electron chi connectivity index (χ3n) is 4.16. The number of ether oxygens (including phenoxy) is 2. The first kappa shape index (κ1) is 16.2. The molecular formula is C20H20O4. The molecule has 2 aromatic rings. The fourth-order valence-electron chi connectivity index (χ4n) is 3.04. The average molecular weight is 324 g/mol. The Kier molecular flexibility index (Phi) is 4.94. The summed E-state index contributed by atoms with van der Waals surface area (Å²) in [6, 6.07) is 12.8. The van der Waals surface area contributed by atoms with Crippen molar-refractivity contribution in [3.05, 3.63) is 64.7 Å². The molecular weight excluding hydrogens is 304 g/mol. The molecule has 0 saturated carbocycles. The van der Waals surface area contributed by atoms with E-state index in [9.17, 15) is 9.59 Å². The third-order valence-corrected chi connectivity index (χ3v) is 4.16. The lowest BCUT2D eigenvalue weighted by Gasteiger charge is -2.14. The van der Waals surface area contributed by atoms with Crippen molar-refractivity contribution < 1.29 is 19.1 Å². The lowest BCUT2D eigenvalue weighted by molar-refractivity contribution is -0.142. The number of benzene rings is 2. The van der Waals surface area contributed by atoms with Crippen LogP contribution < -0.4 is 4.74 Å². The summed E-state index contributed by atoms with van der Waals surface area (Å²) in [5, 5.41) is 0. The molecule has 0 N–H and O–H groups in total. The van der Waals surface area contributed by atoms with E-state index in [2.05, 4.69) is 0 Å². The van der Waals surface area contributed by atoms with Crippen molar-refractivity contribution in [2.24, 2.45) is 0 Å². The first-order chi connectivity index (χ1) is 11.7. The maximum absolute atomic E-state index is 12.4. The predicted octanol–water partition coefficient (Wildman–Crippen LogP) is 3.50. The summed E-state index contributed by atoms with van der Waals surface area (Å²) in [4.78, 5) is 24.3. The summed E-state index contributed by atoms with van der Waals surface area (Å²) in [7, 11) is 0. The molecule has 0 spiro atoms. The van der Waals surface area contributed by atoms with E-state index in [1.54, 1.807) is 31.2 Å². The number of rotatable bonds is 5. The zero-order valence-electron chi connectivity index (χ0n) is 13.7. The topological polar surface area (TPSA) is 52.6 Å². The van der Waals surface area contributed by atoms with Crippen molar-refractivity contribution in [2.45, 2.75) is 32.6 Å².